The molecule has 0 aromatic heterocycles. The van der Waals surface area contributed by atoms with Gasteiger partial charge in [-0.2, -0.15) is 0 Å². The molecule has 0 bridgehead atoms. The van der Waals surface area contributed by atoms with Crippen LogP contribution in [0.25, 0.3) is 0 Å². The van der Waals surface area contributed by atoms with Crippen LogP contribution in [-0.2, 0) is 0 Å². The second-order valence-electron chi connectivity index (χ2n) is 6.69. The van der Waals surface area contributed by atoms with Crippen molar-refractivity contribution >= 4 is 0 Å². The number of hydrogen-bond acceptors (Lipinski definition) is 2. The molecule has 1 N–H and O–H groups in total. The Labute approximate surface area is 121 Å². The molecule has 0 aromatic carbocycles. The minimum atomic E-state index is 0.791. The van der Waals surface area contributed by atoms with Gasteiger partial charge in [0.15, 0.2) is 0 Å². The first-order chi connectivity index (χ1) is 9.17. The SMILES string of the molecule is CCC(CC)N(CCCC1CCNCC1)CC(C)C. The first kappa shape index (κ1) is 17.0. The molecule has 1 aliphatic rings. The molecule has 1 fully saturated rings. The van der Waals surface area contributed by atoms with Crippen molar-refractivity contribution < 1.29 is 0 Å². The Bertz CT molecular complexity index is 205. The van der Waals surface area contributed by atoms with E-state index in [9.17, 15) is 0 Å². The quantitative estimate of drug-likeness (QED) is 0.682. The summed E-state index contributed by atoms with van der Waals surface area (Å²) in [5.74, 6) is 1.78. The van der Waals surface area contributed by atoms with Crippen molar-refractivity contribution in [1.82, 2.24) is 10.2 Å². The van der Waals surface area contributed by atoms with Crippen LogP contribution in [0, 0.1) is 11.8 Å². The minimum absolute atomic E-state index is 0.791. The smallest absolute Gasteiger partial charge is 0.00901 e. The molecule has 0 amide bonds. The molecule has 0 unspecified atom stereocenters. The van der Waals surface area contributed by atoms with Gasteiger partial charge in [0, 0.05) is 12.6 Å². The maximum atomic E-state index is 3.47. The lowest BCUT2D eigenvalue weighted by Gasteiger charge is -2.32. The van der Waals surface area contributed by atoms with Gasteiger partial charge in [0.05, 0.1) is 0 Å². The minimum Gasteiger partial charge on any atom is -0.317 e. The van der Waals surface area contributed by atoms with Gasteiger partial charge < -0.3 is 10.2 Å². The van der Waals surface area contributed by atoms with Gasteiger partial charge in [0.2, 0.25) is 0 Å². The molecular formula is C17H36N2. The summed E-state index contributed by atoms with van der Waals surface area (Å²) in [6.07, 6.45) is 8.24. The van der Waals surface area contributed by atoms with E-state index in [0.29, 0.717) is 0 Å². The van der Waals surface area contributed by atoms with Crippen LogP contribution in [-0.4, -0.2) is 37.1 Å². The average Bonchev–Trinajstić information content (AvgIpc) is 2.40. The summed E-state index contributed by atoms with van der Waals surface area (Å²) in [5.41, 5.74) is 0. The maximum absolute atomic E-state index is 3.47. The van der Waals surface area contributed by atoms with Crippen molar-refractivity contribution in [2.45, 2.75) is 72.3 Å². The van der Waals surface area contributed by atoms with Crippen LogP contribution < -0.4 is 5.32 Å². The van der Waals surface area contributed by atoms with Crippen LogP contribution >= 0.6 is 0 Å². The van der Waals surface area contributed by atoms with Crippen molar-refractivity contribution in [2.24, 2.45) is 11.8 Å². The Balaban J connectivity index is 2.30. The zero-order valence-electron chi connectivity index (χ0n) is 13.8. The highest BCUT2D eigenvalue weighted by molar-refractivity contribution is 4.73. The monoisotopic (exact) mass is 268 g/mol. The van der Waals surface area contributed by atoms with E-state index < -0.39 is 0 Å². The van der Waals surface area contributed by atoms with E-state index >= 15 is 0 Å². The lowest BCUT2D eigenvalue weighted by atomic mass is 9.93. The summed E-state index contributed by atoms with van der Waals surface area (Å²) < 4.78 is 0. The second kappa shape index (κ2) is 9.77. The average molecular weight is 268 g/mol. The third kappa shape index (κ3) is 6.76. The molecule has 1 saturated heterocycles. The lowest BCUT2D eigenvalue weighted by molar-refractivity contribution is 0.158. The Kier molecular flexibility index (Phi) is 8.72. The molecule has 0 radical (unpaired) electrons. The van der Waals surface area contributed by atoms with Crippen LogP contribution in [0.2, 0.25) is 0 Å². The molecule has 0 atom stereocenters. The van der Waals surface area contributed by atoms with Gasteiger partial charge >= 0.3 is 0 Å². The molecule has 0 saturated carbocycles. The van der Waals surface area contributed by atoms with Gasteiger partial charge in [0.25, 0.3) is 0 Å². The fourth-order valence-electron chi connectivity index (χ4n) is 3.45. The van der Waals surface area contributed by atoms with Gasteiger partial charge in [-0.1, -0.05) is 27.7 Å². The van der Waals surface area contributed by atoms with Crippen molar-refractivity contribution in [1.29, 1.82) is 0 Å². The van der Waals surface area contributed by atoms with Gasteiger partial charge in [-0.05, 0) is 70.0 Å². The van der Waals surface area contributed by atoms with Crippen molar-refractivity contribution in [3.05, 3.63) is 0 Å². The fraction of sp³-hybridized carbons (Fsp3) is 1.00. The third-order valence-corrected chi connectivity index (χ3v) is 4.57. The predicted octanol–water partition coefficient (Wildman–Crippen LogP) is 3.91. The van der Waals surface area contributed by atoms with Crippen molar-refractivity contribution in [3.8, 4) is 0 Å². The number of hydrogen-bond donors (Lipinski definition) is 1. The van der Waals surface area contributed by atoms with Crippen LogP contribution in [0.5, 0.6) is 0 Å². The largest absolute Gasteiger partial charge is 0.317 e. The first-order valence-electron chi connectivity index (χ1n) is 8.62. The summed E-state index contributed by atoms with van der Waals surface area (Å²) in [5, 5.41) is 3.47. The molecule has 114 valence electrons. The molecule has 1 rings (SSSR count). The zero-order valence-corrected chi connectivity index (χ0v) is 13.8. The van der Waals surface area contributed by atoms with Gasteiger partial charge in [-0.3, -0.25) is 0 Å². The standard InChI is InChI=1S/C17H36N2/c1-5-17(6-2)19(14-15(3)4)13-7-8-16-9-11-18-12-10-16/h15-18H,5-14H2,1-4H3. The van der Waals surface area contributed by atoms with Crippen LogP contribution in [0.1, 0.15) is 66.2 Å². The van der Waals surface area contributed by atoms with Crippen LogP contribution in [0.4, 0.5) is 0 Å². The number of nitrogens with zero attached hydrogens (tertiary/aromatic N) is 1. The highest BCUT2D eigenvalue weighted by Crippen LogP contribution is 2.19. The predicted molar refractivity (Wildman–Crippen MR) is 85.6 cm³/mol. The Morgan fingerprint density at radius 1 is 1.11 bits per heavy atom. The van der Waals surface area contributed by atoms with Crippen molar-refractivity contribution in [2.75, 3.05) is 26.2 Å². The van der Waals surface area contributed by atoms with E-state index in [4.69, 9.17) is 0 Å². The molecule has 1 heterocycles. The maximum Gasteiger partial charge on any atom is 0.00901 e. The van der Waals surface area contributed by atoms with Crippen LogP contribution in [0.3, 0.4) is 0 Å². The number of nitrogens with one attached hydrogen (secondary N) is 1. The fourth-order valence-corrected chi connectivity index (χ4v) is 3.45. The summed E-state index contributed by atoms with van der Waals surface area (Å²) in [6, 6.07) is 0.801. The molecule has 19 heavy (non-hydrogen) atoms. The zero-order chi connectivity index (χ0) is 14.1. The highest BCUT2D eigenvalue weighted by atomic mass is 15.1. The van der Waals surface area contributed by atoms with E-state index in [0.717, 1.165) is 17.9 Å². The van der Waals surface area contributed by atoms with E-state index in [1.54, 1.807) is 0 Å². The van der Waals surface area contributed by atoms with Crippen molar-refractivity contribution in [3.63, 3.8) is 0 Å². The molecule has 0 aliphatic carbocycles. The van der Waals surface area contributed by atoms with Crippen LogP contribution in [0.15, 0.2) is 0 Å². The Morgan fingerprint density at radius 3 is 2.26 bits per heavy atom. The summed E-state index contributed by atoms with van der Waals surface area (Å²) in [4.78, 5) is 2.76. The second-order valence-corrected chi connectivity index (χ2v) is 6.69. The summed E-state index contributed by atoms with van der Waals surface area (Å²) in [7, 11) is 0. The molecule has 0 spiro atoms. The third-order valence-electron chi connectivity index (χ3n) is 4.57. The topological polar surface area (TPSA) is 15.3 Å². The van der Waals surface area contributed by atoms with Gasteiger partial charge in [-0.15, -0.1) is 0 Å². The van der Waals surface area contributed by atoms with Gasteiger partial charge in [-0.25, -0.2) is 0 Å². The Morgan fingerprint density at radius 2 is 1.74 bits per heavy atom. The highest BCUT2D eigenvalue weighted by Gasteiger charge is 2.17. The molecule has 0 aromatic rings. The molecule has 1 aliphatic heterocycles. The number of rotatable bonds is 9. The summed E-state index contributed by atoms with van der Waals surface area (Å²) >= 11 is 0. The van der Waals surface area contributed by atoms with E-state index in [1.807, 2.05) is 0 Å². The summed E-state index contributed by atoms with van der Waals surface area (Å²) in [6.45, 7) is 14.5. The normalized spacial score (nSPS) is 17.8. The Hall–Kier alpha value is -0.0800. The van der Waals surface area contributed by atoms with E-state index in [-0.39, 0.29) is 0 Å². The number of piperidine rings is 1. The molecule has 2 heteroatoms. The van der Waals surface area contributed by atoms with E-state index in [1.165, 1.54) is 64.7 Å². The van der Waals surface area contributed by atoms with Gasteiger partial charge in [0.1, 0.15) is 0 Å². The molecular weight excluding hydrogens is 232 g/mol. The first-order valence-corrected chi connectivity index (χ1v) is 8.62. The lowest BCUT2D eigenvalue weighted by Crippen LogP contribution is -2.38. The van der Waals surface area contributed by atoms with E-state index in [2.05, 4.69) is 37.9 Å². The molecule has 2 nitrogen and oxygen atoms in total.